The summed E-state index contributed by atoms with van der Waals surface area (Å²) in [6, 6.07) is 13.2. The molecule has 0 radical (unpaired) electrons. The molecule has 4 amide bonds. The van der Waals surface area contributed by atoms with Gasteiger partial charge in [0.25, 0.3) is 0 Å². The Morgan fingerprint density at radius 1 is 0.509 bits per heavy atom. The second-order valence-corrected chi connectivity index (χ2v) is 42.6. The minimum atomic E-state index is -3.95. The first-order valence-electron chi connectivity index (χ1n) is 43.0. The van der Waals surface area contributed by atoms with E-state index in [-0.39, 0.29) is 147 Å². The summed E-state index contributed by atoms with van der Waals surface area (Å²) in [5, 5.41) is 3.23. The van der Waals surface area contributed by atoms with Gasteiger partial charge in [0.1, 0.15) is 35.9 Å². The summed E-state index contributed by atoms with van der Waals surface area (Å²) in [7, 11) is -7.89. The van der Waals surface area contributed by atoms with Gasteiger partial charge in [0.15, 0.2) is 11.6 Å². The van der Waals surface area contributed by atoms with E-state index in [0.717, 1.165) is 72.9 Å². The van der Waals surface area contributed by atoms with Gasteiger partial charge in [0.05, 0.1) is 82.4 Å². The van der Waals surface area contributed by atoms with Crippen molar-refractivity contribution in [3.8, 4) is 23.3 Å². The topological polar surface area (TPSA) is 317 Å². The molecule has 0 bridgehead atoms. The number of carbonyl (C=O) groups is 8. The van der Waals surface area contributed by atoms with Crippen LogP contribution in [0.1, 0.15) is 223 Å². The standard InChI is InChI=1S/2C45H59N3O9S/c2*1-26(2)55-33-10-11-36-29(18-33)12-15-46-41(36)57-35-21-38-39(49)24-45(43(52)47-58(53,54)44(5)13-14-44)23-32(45)9-7-6-8-27(3)16-28(4)37(42(51)48(38)25-35)22-40(50)56-34-19-30-17-31(30)20-34/h2*7,9-12,15,18,26-28,30-32,34-35,37-38H,6,8,13-14,16-17,19-25H2,1-5H3,(H,47,52)/b2*9-7-/t27-,28+,30-,31+,32+,34?,35+,37-,38-,45+;27-,28-,30-,31+,32-,34?,35-,37+,38+,45-/m01/s1. The van der Waals surface area contributed by atoms with E-state index in [1.165, 1.54) is 12.8 Å². The number of ether oxygens (including phenoxy) is 6. The Hall–Kier alpha value is -8.00. The second-order valence-electron chi connectivity index (χ2n) is 38.2. The molecule has 2 N–H and O–H groups in total. The first-order chi connectivity index (χ1) is 55.1. The van der Waals surface area contributed by atoms with E-state index in [1.54, 1.807) is 36.0 Å². The van der Waals surface area contributed by atoms with Gasteiger partial charge in [0.2, 0.25) is 55.4 Å². The van der Waals surface area contributed by atoms with E-state index in [9.17, 15) is 45.6 Å². The third-order valence-corrected chi connectivity index (χ3v) is 32.4. The lowest BCUT2D eigenvalue weighted by Crippen LogP contribution is -2.48. The molecule has 12 aliphatic rings. The van der Waals surface area contributed by atoms with E-state index in [0.29, 0.717) is 98.3 Å². The lowest BCUT2D eigenvalue weighted by Gasteiger charge is -2.32. The van der Waals surface area contributed by atoms with Crippen molar-refractivity contribution < 1.29 is 83.6 Å². The fraction of sp³-hybridized carbons (Fsp3) is 0.667. The van der Waals surface area contributed by atoms with Gasteiger partial charge < -0.3 is 38.2 Å². The molecule has 6 heterocycles. The Labute approximate surface area is 682 Å². The number of esters is 2. The summed E-state index contributed by atoms with van der Waals surface area (Å²) in [6.45, 7) is 19.6. The monoisotopic (exact) mass is 1630 g/mol. The zero-order chi connectivity index (χ0) is 82.3. The first-order valence-corrected chi connectivity index (χ1v) is 46.0. The zero-order valence-electron chi connectivity index (χ0n) is 69.0. The Morgan fingerprint density at radius 2 is 0.888 bits per heavy atom. The summed E-state index contributed by atoms with van der Waals surface area (Å²) in [6.07, 6.45) is 22.5. The van der Waals surface area contributed by atoms with Crippen molar-refractivity contribution in [2.75, 3.05) is 13.1 Å². The van der Waals surface area contributed by atoms with Gasteiger partial charge >= 0.3 is 11.9 Å². The van der Waals surface area contributed by atoms with Crippen LogP contribution in [0.2, 0.25) is 0 Å². The van der Waals surface area contributed by atoms with Crippen molar-refractivity contribution in [3.63, 3.8) is 0 Å². The molecule has 2 aromatic carbocycles. The Bertz CT molecular complexity index is 4470. The number of benzene rings is 2. The number of rotatable bonds is 20. The highest BCUT2D eigenvalue weighted by atomic mass is 32.2. The number of aromatic nitrogens is 2. The van der Waals surface area contributed by atoms with Gasteiger partial charge in [-0.2, -0.15) is 0 Å². The number of amides is 4. The Morgan fingerprint density at radius 3 is 1.25 bits per heavy atom. The summed E-state index contributed by atoms with van der Waals surface area (Å²) in [5.74, 6) is -0.664. The van der Waals surface area contributed by atoms with Crippen LogP contribution in [0.25, 0.3) is 21.5 Å². The molecule has 24 nitrogen and oxygen atoms in total. The van der Waals surface area contributed by atoms with Gasteiger partial charge in [-0.15, -0.1) is 0 Å². The van der Waals surface area contributed by atoms with Crippen molar-refractivity contribution >= 4 is 88.7 Å². The van der Waals surface area contributed by atoms with Gasteiger partial charge in [-0.3, -0.25) is 47.8 Å². The maximum atomic E-state index is 15.0. The third-order valence-electron chi connectivity index (χ3n) is 28.1. The van der Waals surface area contributed by atoms with E-state index < -0.39 is 88.3 Å². The molecule has 4 aromatic rings. The fourth-order valence-corrected chi connectivity index (χ4v) is 22.6. The van der Waals surface area contributed by atoms with Crippen LogP contribution in [0, 0.1) is 81.8 Å². The normalized spacial score (nSPS) is 34.9. The average molecular weight is 1640 g/mol. The third kappa shape index (κ3) is 18.1. The van der Waals surface area contributed by atoms with Crippen molar-refractivity contribution in [1.82, 2.24) is 29.2 Å². The predicted octanol–water partition coefficient (Wildman–Crippen LogP) is 13.4. The molecular formula is C90H118N6O18S2. The number of hydrogen-bond acceptors (Lipinski definition) is 20. The van der Waals surface area contributed by atoms with Crippen LogP contribution in [0.5, 0.6) is 23.3 Å². The maximum absolute atomic E-state index is 15.0. The zero-order valence-corrected chi connectivity index (χ0v) is 70.6. The number of nitrogens with zero attached hydrogens (tertiary/aromatic N) is 4. The summed E-state index contributed by atoms with van der Waals surface area (Å²) < 4.78 is 92.7. The highest BCUT2D eigenvalue weighted by Crippen LogP contribution is 2.60. The highest BCUT2D eigenvalue weighted by Gasteiger charge is 2.65. The lowest BCUT2D eigenvalue weighted by atomic mass is 9.82. The number of nitrogens with one attached hydrogen (secondary N) is 2. The van der Waals surface area contributed by atoms with Crippen molar-refractivity contribution in [2.45, 2.75) is 282 Å². The first kappa shape index (κ1) is 83.1. The van der Waals surface area contributed by atoms with Crippen LogP contribution < -0.4 is 28.4 Å². The molecule has 2 saturated heterocycles. The van der Waals surface area contributed by atoms with Crippen LogP contribution in [0.4, 0.5) is 0 Å². The van der Waals surface area contributed by atoms with E-state index in [2.05, 4.69) is 33.3 Å². The molecule has 8 saturated carbocycles. The maximum Gasteiger partial charge on any atom is 0.306 e. The molecule has 20 atom stereocenters. The van der Waals surface area contributed by atoms with Gasteiger partial charge in [-0.25, -0.2) is 26.8 Å². The molecule has 4 aliphatic heterocycles. The highest BCUT2D eigenvalue weighted by molar-refractivity contribution is 7.92. The van der Waals surface area contributed by atoms with E-state index in [4.69, 9.17) is 28.4 Å². The van der Waals surface area contributed by atoms with Gasteiger partial charge in [0, 0.05) is 48.8 Å². The van der Waals surface area contributed by atoms with Crippen molar-refractivity contribution in [2.24, 2.45) is 81.8 Å². The second kappa shape index (κ2) is 32.6. The lowest BCUT2D eigenvalue weighted by molar-refractivity contribution is -0.155. The minimum absolute atomic E-state index is 0.00257. The minimum Gasteiger partial charge on any atom is -0.491 e. The summed E-state index contributed by atoms with van der Waals surface area (Å²) >= 11 is 0. The predicted molar refractivity (Wildman–Crippen MR) is 434 cm³/mol. The molecule has 2 unspecified atom stereocenters. The number of sulfonamides is 2. The number of hydrogen-bond donors (Lipinski definition) is 2. The number of fused-ring (bicyclic) bond motifs is 8. The largest absolute Gasteiger partial charge is 0.491 e. The van der Waals surface area contributed by atoms with Crippen LogP contribution in [0.3, 0.4) is 0 Å². The number of allylic oxidation sites excluding steroid dienone is 4. The summed E-state index contributed by atoms with van der Waals surface area (Å²) in [4.78, 5) is 127. The van der Waals surface area contributed by atoms with Crippen molar-refractivity contribution in [3.05, 3.63) is 85.2 Å². The van der Waals surface area contributed by atoms with E-state index in [1.807, 2.05) is 114 Å². The number of Topliss-reactive ketones (excluding diaryl/α,β-unsaturated/α-hetero) is 2. The van der Waals surface area contributed by atoms with Gasteiger partial charge in [-0.1, -0.05) is 52.0 Å². The number of ketones is 2. The molecule has 26 heteroatoms. The van der Waals surface area contributed by atoms with Crippen LogP contribution >= 0.6 is 0 Å². The van der Waals surface area contributed by atoms with Crippen LogP contribution in [0.15, 0.2) is 85.2 Å². The summed E-state index contributed by atoms with van der Waals surface area (Å²) in [5.41, 5.74) is -2.51. The molecule has 10 fully saturated rings. The Balaban J connectivity index is 0.000000182. The molecule has 8 aliphatic carbocycles. The van der Waals surface area contributed by atoms with E-state index >= 15 is 9.59 Å². The molecule has 0 spiro atoms. The van der Waals surface area contributed by atoms with Crippen LogP contribution in [-0.2, 0) is 67.9 Å². The molecule has 2 aromatic heterocycles. The Kier molecular flexibility index (Phi) is 23.4. The smallest absolute Gasteiger partial charge is 0.306 e. The van der Waals surface area contributed by atoms with Crippen molar-refractivity contribution in [1.29, 1.82) is 0 Å². The molecule has 16 rings (SSSR count). The number of pyridine rings is 2. The fourth-order valence-electron chi connectivity index (χ4n) is 20.0. The SMILES string of the molecule is CC(C)Oc1ccc2c(O[C@@H]3C[C@H]4C(=O)C[C@]5(C(=O)NS(=O)(=O)C6(C)CC6)C[C@H]5/C=C\CC[C@@H](C)C[C@@H](C)[C@H](CC(=O)OC5C[C@@H]6C[C@@H]6C5)C(=O)N4C3)nccc2c1.CC(C)Oc1ccc2c(O[C@@H]3C[C@H]4C(=O)C[C@]5(C(=O)NS(=O)(=O)C6(C)CC6)C[C@H]5/C=C\CC[C@H](C)C[C@@H](C)[C@H](CC(=O)OC5C[C@@H]6C[C@@H]6C5)C(=O)N4C3)nccc2c1. The molecular weight excluding hydrogens is 1520 g/mol. The molecule has 116 heavy (non-hydrogen) atoms. The number of carbonyl (C=O) groups excluding carboxylic acids is 8. The quantitative estimate of drug-likeness (QED) is 0.0613. The average Bonchev–Trinajstić information content (AvgIpc) is 1.57. The van der Waals surface area contributed by atoms with Gasteiger partial charge in [-0.05, 0) is 276 Å². The van der Waals surface area contributed by atoms with Crippen LogP contribution in [-0.4, -0.2) is 155 Å². The molecule has 628 valence electrons.